The molecular weight excluding hydrogens is 348 g/mol. The molecule has 4 rings (SSSR count). The summed E-state index contributed by atoms with van der Waals surface area (Å²) in [6.07, 6.45) is 1.42. The monoisotopic (exact) mass is 372 g/mol. The second-order valence-electron chi connectivity index (χ2n) is 7.04. The molecule has 2 aromatic rings. The summed E-state index contributed by atoms with van der Waals surface area (Å²) in [4.78, 5) is 2.25. The van der Waals surface area contributed by atoms with Gasteiger partial charge >= 0.3 is 0 Å². The zero-order valence-electron chi connectivity index (χ0n) is 16.0. The summed E-state index contributed by atoms with van der Waals surface area (Å²) in [6.45, 7) is 4.86. The van der Waals surface area contributed by atoms with E-state index in [0.717, 1.165) is 41.4 Å². The van der Waals surface area contributed by atoms with E-state index in [1.165, 1.54) is 5.56 Å². The molecule has 0 bridgehead atoms. The number of methoxy groups -OCH3 is 1. The molecule has 2 aliphatic rings. The molecule has 0 aliphatic carbocycles. The number of likely N-dealkylation sites (N-methyl/N-ethyl adjacent to an activating group) is 1. The smallest absolute Gasteiger partial charge is 0.231 e. The highest BCUT2D eigenvalue weighted by atomic mass is 16.7. The molecule has 2 aliphatic heterocycles. The molecule has 0 spiro atoms. The van der Waals surface area contributed by atoms with Gasteiger partial charge in [0.25, 0.3) is 0 Å². The number of rotatable bonds is 4. The average Bonchev–Trinajstić information content (AvgIpc) is 3.25. The Morgan fingerprint density at radius 2 is 2.15 bits per heavy atom. The summed E-state index contributed by atoms with van der Waals surface area (Å²) in [6, 6.07) is 3.94. The standard InChI is InChI=1S/C20H24N2O5/c1-11-7-14(12(2)27-11)15(21-23)9-16-18-13(5-6-22(16)3)8-17-19(20(18)24-4)26-10-25-17/h7-8,16,23H,5-6,9-10H2,1-4H3. The van der Waals surface area contributed by atoms with Crippen molar-refractivity contribution in [2.45, 2.75) is 32.7 Å². The van der Waals surface area contributed by atoms with E-state index in [0.29, 0.717) is 23.6 Å². The second-order valence-corrected chi connectivity index (χ2v) is 7.04. The Labute approximate surface area is 158 Å². The molecule has 0 saturated heterocycles. The molecular formula is C20H24N2O5. The van der Waals surface area contributed by atoms with Gasteiger partial charge in [-0.15, -0.1) is 0 Å². The number of hydrogen-bond acceptors (Lipinski definition) is 7. The SMILES string of the molecule is COc1c2c(cc3c1C(CC(=NO)c1cc(C)oc1C)N(C)CC3)OCO2. The fraction of sp³-hybridized carbons (Fsp3) is 0.450. The normalized spacial score (nSPS) is 19.3. The number of nitrogens with zero attached hydrogens (tertiary/aromatic N) is 2. The summed E-state index contributed by atoms with van der Waals surface area (Å²) >= 11 is 0. The second kappa shape index (κ2) is 6.81. The van der Waals surface area contributed by atoms with Crippen molar-refractivity contribution in [3.8, 4) is 17.2 Å². The van der Waals surface area contributed by atoms with Crippen LogP contribution in [0.5, 0.6) is 17.2 Å². The summed E-state index contributed by atoms with van der Waals surface area (Å²) in [5, 5.41) is 13.3. The van der Waals surface area contributed by atoms with Gasteiger partial charge in [-0.1, -0.05) is 5.16 Å². The summed E-state index contributed by atoms with van der Waals surface area (Å²) in [5.41, 5.74) is 3.66. The lowest BCUT2D eigenvalue weighted by Crippen LogP contribution is -2.34. The van der Waals surface area contributed by atoms with E-state index in [-0.39, 0.29) is 12.8 Å². The first kappa shape index (κ1) is 17.7. The van der Waals surface area contributed by atoms with Gasteiger partial charge in [0.15, 0.2) is 11.5 Å². The Balaban J connectivity index is 1.77. The van der Waals surface area contributed by atoms with Crippen LogP contribution in [-0.2, 0) is 6.42 Å². The lowest BCUT2D eigenvalue weighted by Gasteiger charge is -2.36. The van der Waals surface area contributed by atoms with Crippen LogP contribution in [-0.4, -0.2) is 43.3 Å². The van der Waals surface area contributed by atoms with Crippen LogP contribution >= 0.6 is 0 Å². The van der Waals surface area contributed by atoms with E-state index >= 15 is 0 Å². The zero-order chi connectivity index (χ0) is 19.1. The molecule has 1 aromatic carbocycles. The zero-order valence-corrected chi connectivity index (χ0v) is 16.0. The van der Waals surface area contributed by atoms with Crippen molar-refractivity contribution < 1.29 is 23.8 Å². The van der Waals surface area contributed by atoms with Gasteiger partial charge in [0.1, 0.15) is 11.5 Å². The van der Waals surface area contributed by atoms with Crippen LogP contribution in [0.15, 0.2) is 21.7 Å². The molecule has 1 unspecified atom stereocenters. The molecule has 0 amide bonds. The van der Waals surface area contributed by atoms with Crippen molar-refractivity contribution in [1.29, 1.82) is 0 Å². The van der Waals surface area contributed by atoms with Crippen molar-refractivity contribution in [3.05, 3.63) is 40.3 Å². The minimum atomic E-state index is -0.0151. The molecule has 7 nitrogen and oxygen atoms in total. The molecule has 0 radical (unpaired) electrons. The van der Waals surface area contributed by atoms with Crippen LogP contribution in [0.2, 0.25) is 0 Å². The predicted molar refractivity (Wildman–Crippen MR) is 99.3 cm³/mol. The third-order valence-electron chi connectivity index (χ3n) is 5.41. The topological polar surface area (TPSA) is 76.7 Å². The van der Waals surface area contributed by atoms with Gasteiger partial charge in [-0.05, 0) is 45.0 Å². The van der Waals surface area contributed by atoms with Gasteiger partial charge in [0.05, 0.1) is 12.8 Å². The molecule has 3 heterocycles. The summed E-state index contributed by atoms with van der Waals surface area (Å²) < 4.78 is 22.6. The Hall–Kier alpha value is -2.67. The first-order valence-electron chi connectivity index (χ1n) is 9.01. The fourth-order valence-corrected chi connectivity index (χ4v) is 4.09. The number of ether oxygens (including phenoxy) is 3. The largest absolute Gasteiger partial charge is 0.492 e. The highest BCUT2D eigenvalue weighted by Crippen LogP contribution is 2.50. The van der Waals surface area contributed by atoms with Crippen LogP contribution in [0, 0.1) is 13.8 Å². The molecule has 0 saturated carbocycles. The van der Waals surface area contributed by atoms with Crippen LogP contribution in [0.4, 0.5) is 0 Å². The molecule has 7 heteroatoms. The number of furan rings is 1. The molecule has 1 atom stereocenters. The van der Waals surface area contributed by atoms with E-state index in [2.05, 4.69) is 17.1 Å². The van der Waals surface area contributed by atoms with Crippen molar-refractivity contribution in [3.63, 3.8) is 0 Å². The van der Waals surface area contributed by atoms with E-state index in [4.69, 9.17) is 18.6 Å². The molecule has 1 N–H and O–H groups in total. The van der Waals surface area contributed by atoms with Gasteiger partial charge in [-0.25, -0.2) is 0 Å². The molecule has 144 valence electrons. The van der Waals surface area contributed by atoms with Gasteiger partial charge in [0, 0.05) is 30.1 Å². The third-order valence-corrected chi connectivity index (χ3v) is 5.41. The predicted octanol–water partition coefficient (Wildman–Crippen LogP) is 3.43. The summed E-state index contributed by atoms with van der Waals surface area (Å²) in [5.74, 6) is 3.62. The van der Waals surface area contributed by atoms with Crippen molar-refractivity contribution >= 4 is 5.71 Å². The molecule has 0 fully saturated rings. The van der Waals surface area contributed by atoms with Gasteiger partial charge in [-0.3, -0.25) is 4.90 Å². The summed E-state index contributed by atoms with van der Waals surface area (Å²) in [7, 11) is 3.72. The number of aryl methyl sites for hydroxylation is 2. The Morgan fingerprint density at radius 1 is 1.33 bits per heavy atom. The van der Waals surface area contributed by atoms with Gasteiger partial charge in [0.2, 0.25) is 12.5 Å². The van der Waals surface area contributed by atoms with Crippen LogP contribution in [0.3, 0.4) is 0 Å². The van der Waals surface area contributed by atoms with Gasteiger partial charge < -0.3 is 23.8 Å². The lowest BCUT2D eigenvalue weighted by atomic mass is 9.87. The Kier molecular flexibility index (Phi) is 4.47. The highest BCUT2D eigenvalue weighted by Gasteiger charge is 2.35. The third kappa shape index (κ3) is 2.92. The van der Waals surface area contributed by atoms with E-state index in [1.807, 2.05) is 26.0 Å². The van der Waals surface area contributed by atoms with E-state index in [1.54, 1.807) is 7.11 Å². The number of benzene rings is 1. The van der Waals surface area contributed by atoms with E-state index < -0.39 is 0 Å². The first-order chi connectivity index (χ1) is 13.0. The average molecular weight is 372 g/mol. The minimum Gasteiger partial charge on any atom is -0.492 e. The Bertz CT molecular complexity index is 902. The quantitative estimate of drug-likeness (QED) is 0.503. The van der Waals surface area contributed by atoms with Crippen LogP contribution in [0.25, 0.3) is 0 Å². The van der Waals surface area contributed by atoms with Gasteiger partial charge in [-0.2, -0.15) is 0 Å². The van der Waals surface area contributed by atoms with Crippen LogP contribution < -0.4 is 14.2 Å². The number of hydrogen-bond donors (Lipinski definition) is 1. The minimum absolute atomic E-state index is 0.0151. The first-order valence-corrected chi connectivity index (χ1v) is 9.01. The maximum absolute atomic E-state index is 9.71. The fourth-order valence-electron chi connectivity index (χ4n) is 4.09. The Morgan fingerprint density at radius 3 is 2.81 bits per heavy atom. The van der Waals surface area contributed by atoms with Crippen molar-refractivity contribution in [2.75, 3.05) is 27.5 Å². The maximum atomic E-state index is 9.71. The highest BCUT2D eigenvalue weighted by molar-refractivity contribution is 6.01. The van der Waals surface area contributed by atoms with Crippen LogP contribution in [0.1, 0.15) is 40.7 Å². The van der Waals surface area contributed by atoms with Crippen molar-refractivity contribution in [1.82, 2.24) is 4.90 Å². The number of fused-ring (bicyclic) bond motifs is 2. The molecule has 1 aromatic heterocycles. The van der Waals surface area contributed by atoms with E-state index in [9.17, 15) is 5.21 Å². The molecule has 27 heavy (non-hydrogen) atoms. The lowest BCUT2D eigenvalue weighted by molar-refractivity contribution is 0.170. The maximum Gasteiger partial charge on any atom is 0.231 e. The number of oxime groups is 1. The van der Waals surface area contributed by atoms with Crippen molar-refractivity contribution in [2.24, 2.45) is 5.16 Å².